The highest BCUT2D eigenvalue weighted by atomic mass is 16.7. The van der Waals surface area contributed by atoms with Crippen molar-refractivity contribution in [2.75, 3.05) is 45.6 Å². The fourth-order valence-electron chi connectivity index (χ4n) is 7.82. The number of esters is 1. The average Bonchev–Trinajstić information content (AvgIpc) is 3.48. The van der Waals surface area contributed by atoms with Gasteiger partial charge in [0.25, 0.3) is 11.7 Å². The van der Waals surface area contributed by atoms with E-state index in [1.165, 1.54) is 58.1 Å². The van der Waals surface area contributed by atoms with Crippen molar-refractivity contribution in [3.63, 3.8) is 0 Å². The van der Waals surface area contributed by atoms with Gasteiger partial charge in [-0.2, -0.15) is 5.10 Å². The van der Waals surface area contributed by atoms with Gasteiger partial charge in [0, 0.05) is 91.4 Å². The number of amides is 1. The Kier molecular flexibility index (Phi) is 12.4. The van der Waals surface area contributed by atoms with Crippen LogP contribution in [0.25, 0.3) is 10.8 Å². The molecule has 59 heavy (non-hydrogen) atoms. The summed E-state index contributed by atoms with van der Waals surface area (Å²) >= 11 is 0. The first-order valence-corrected chi connectivity index (χ1v) is 19.6. The van der Waals surface area contributed by atoms with Crippen molar-refractivity contribution in [2.24, 2.45) is 28.8 Å². The number of aliphatic hydroxyl groups excluding tert-OH is 2. The van der Waals surface area contributed by atoms with Gasteiger partial charge in [-0.25, -0.2) is 0 Å². The summed E-state index contributed by atoms with van der Waals surface area (Å²) in [6.07, 6.45) is 4.45. The maximum Gasteiger partial charge on any atom is 0.312 e. The van der Waals surface area contributed by atoms with E-state index in [0.717, 1.165) is 6.21 Å². The van der Waals surface area contributed by atoms with Gasteiger partial charge in [0.05, 0.1) is 53.0 Å². The van der Waals surface area contributed by atoms with Crippen molar-refractivity contribution >= 4 is 40.3 Å². The summed E-state index contributed by atoms with van der Waals surface area (Å²) in [5, 5.41) is 66.4. The molecule has 0 unspecified atom stereocenters. The smallest absolute Gasteiger partial charge is 0.312 e. The summed E-state index contributed by atoms with van der Waals surface area (Å²) in [5.41, 5.74) is -0.716. The summed E-state index contributed by atoms with van der Waals surface area (Å²) < 4.78 is 46.7. The minimum atomic E-state index is -2.30. The third kappa shape index (κ3) is 8.91. The SMILES string of the molecule is [2H][13C]([2H])([2H])N1CCN(/N=C/c2c3c(O)c4c(O)c(C)c5c(c4c2O)C(=O)[C@@](C)(O/C=C\[C@H](OC)[C@H](C)[C@@H](OC(C)=O)[C@H](C)[C@H](O)[C@H](C)[C@@H](O)[C@@H](C)/C=C\C=C(\C)C(=O)N3)O5)CC1. The molecule has 4 heterocycles. The van der Waals surface area contributed by atoms with E-state index in [1.54, 1.807) is 44.9 Å². The van der Waals surface area contributed by atoms with Gasteiger partial charge in [-0.05, 0) is 26.9 Å². The van der Waals surface area contributed by atoms with Crippen molar-refractivity contribution in [2.45, 2.75) is 85.6 Å². The predicted octanol–water partition coefficient (Wildman–Crippen LogP) is 4.34. The first-order valence-electron chi connectivity index (χ1n) is 21.1. The standard InChI is InChI=1S/C43H58N4O12/c1-21-12-11-13-22(2)42(55)45-33-28(20-44-47-17-15-46(9)16-18-47)37(52)30-31(38(33)53)36(51)26(6)40-32(30)41(54)43(8,59-40)57-19-14-29(56-10)23(3)39(58-27(7)48)25(5)35(50)24(4)34(21)49/h11-14,19-21,23-25,29,34-35,39,49-53H,15-18H2,1-10H3,(H,45,55)/b12-11-,19-14-,22-13-,44-20+/t21-,23-,24+,25+,29-,34-,35+,39+,43-/m0/s1/i9+1D3. The van der Waals surface area contributed by atoms with E-state index in [-0.39, 0.29) is 70.7 Å². The summed E-state index contributed by atoms with van der Waals surface area (Å²) in [7, 11) is 1.42. The lowest BCUT2D eigenvalue weighted by Gasteiger charge is -2.38. The predicted molar refractivity (Wildman–Crippen MR) is 220 cm³/mol. The van der Waals surface area contributed by atoms with Crippen LogP contribution in [0.2, 0.25) is 0 Å². The molecule has 2 aromatic rings. The highest BCUT2D eigenvalue weighted by Crippen LogP contribution is 2.55. The van der Waals surface area contributed by atoms with Gasteiger partial charge in [-0.1, -0.05) is 45.9 Å². The first kappa shape index (κ1) is 40.6. The molecular weight excluding hydrogens is 765 g/mol. The molecule has 9 atom stereocenters. The van der Waals surface area contributed by atoms with E-state index in [2.05, 4.69) is 10.4 Å². The van der Waals surface area contributed by atoms with Gasteiger partial charge in [-0.3, -0.25) is 19.4 Å². The third-order valence-electron chi connectivity index (χ3n) is 11.6. The molecule has 6 N–H and O–H groups in total. The number of hydrogen-bond acceptors (Lipinski definition) is 15. The van der Waals surface area contributed by atoms with Crippen LogP contribution < -0.4 is 10.1 Å². The van der Waals surface area contributed by atoms with E-state index in [1.807, 2.05) is 0 Å². The minimum absolute atomic E-state index is 0.00936. The fraction of sp³-hybridized carbons (Fsp3) is 0.535. The summed E-state index contributed by atoms with van der Waals surface area (Å²) in [6, 6.07) is 0. The minimum Gasteiger partial charge on any atom is -0.507 e. The Morgan fingerprint density at radius 1 is 0.983 bits per heavy atom. The number of aromatic hydroxyl groups is 3. The number of piperazine rings is 1. The highest BCUT2D eigenvalue weighted by molar-refractivity contribution is 6.23. The highest BCUT2D eigenvalue weighted by Gasteiger charge is 2.50. The summed E-state index contributed by atoms with van der Waals surface area (Å²) in [5.74, 6) is -8.92. The second-order valence-electron chi connectivity index (χ2n) is 15.8. The molecule has 16 heteroatoms. The number of fused-ring (bicyclic) bond motifs is 14. The Balaban J connectivity index is 1.69. The molecule has 0 aliphatic carbocycles. The Bertz CT molecular complexity index is 2180. The van der Waals surface area contributed by atoms with E-state index >= 15 is 0 Å². The molecule has 1 saturated heterocycles. The van der Waals surface area contributed by atoms with Crippen LogP contribution in [0.15, 0.2) is 41.2 Å². The Labute approximate surface area is 348 Å². The number of nitrogens with zero attached hydrogens (tertiary/aromatic N) is 3. The zero-order valence-corrected chi connectivity index (χ0v) is 34.8. The van der Waals surface area contributed by atoms with Crippen LogP contribution >= 0.6 is 0 Å². The molecule has 0 saturated carbocycles. The molecule has 2 aromatic carbocycles. The lowest BCUT2D eigenvalue weighted by molar-refractivity contribution is -0.160. The van der Waals surface area contributed by atoms with Crippen molar-refractivity contribution in [3.05, 3.63) is 52.8 Å². The van der Waals surface area contributed by atoms with Crippen LogP contribution in [0.3, 0.4) is 0 Å². The number of hydrogen-bond donors (Lipinski definition) is 6. The largest absolute Gasteiger partial charge is 0.507 e. The van der Waals surface area contributed by atoms with Gasteiger partial charge in [0.2, 0.25) is 0 Å². The monoisotopic (exact) mass is 826 g/mol. The molecule has 5 bridgehead atoms. The second-order valence-corrected chi connectivity index (χ2v) is 15.8. The number of rotatable bonds is 4. The molecule has 322 valence electrons. The molecule has 0 aromatic heterocycles. The molecule has 6 rings (SSSR count). The molecule has 1 amide bonds. The van der Waals surface area contributed by atoms with Crippen LogP contribution in [0, 0.1) is 30.6 Å². The van der Waals surface area contributed by atoms with Gasteiger partial charge >= 0.3 is 11.8 Å². The Hall–Kier alpha value is -5.16. The number of allylic oxidation sites excluding steroid dienone is 2. The number of carbonyl (C=O) groups excluding carboxylic acids is 3. The number of phenols is 3. The molecular formula is C43H58N4O12. The molecule has 1 fully saturated rings. The molecule has 0 spiro atoms. The lowest BCUT2D eigenvalue weighted by atomic mass is 9.78. The van der Waals surface area contributed by atoms with Crippen molar-refractivity contribution in [1.82, 2.24) is 9.91 Å². The van der Waals surface area contributed by atoms with Gasteiger partial charge in [-0.15, -0.1) is 0 Å². The number of methoxy groups -OCH3 is 1. The number of benzene rings is 2. The van der Waals surface area contributed by atoms with Crippen molar-refractivity contribution in [1.29, 1.82) is 0 Å². The van der Waals surface area contributed by atoms with Gasteiger partial charge < -0.3 is 54.7 Å². The maximum absolute atomic E-state index is 14.5. The van der Waals surface area contributed by atoms with Crippen LogP contribution in [-0.2, 0) is 23.8 Å². The number of ketones is 1. The second kappa shape index (κ2) is 18.0. The van der Waals surface area contributed by atoms with Gasteiger partial charge in [0.1, 0.15) is 23.4 Å². The normalized spacial score (nSPS) is 33.0. The molecule has 0 radical (unpaired) electrons. The topological polar surface area (TPSA) is 220 Å². The number of hydrazone groups is 1. The fourth-order valence-corrected chi connectivity index (χ4v) is 7.82. The van der Waals surface area contributed by atoms with Crippen LogP contribution in [0.4, 0.5) is 5.69 Å². The summed E-state index contributed by atoms with van der Waals surface area (Å²) in [6.45, 7) is 10.7. The molecule has 4 aliphatic heterocycles. The van der Waals surface area contributed by atoms with Crippen molar-refractivity contribution < 1.29 is 63.0 Å². The molecule has 16 nitrogen and oxygen atoms in total. The zero-order chi connectivity index (χ0) is 46.2. The number of phenolic OH excluding ortho intramolecular Hbond substituents is 3. The number of ether oxygens (including phenoxy) is 4. The van der Waals surface area contributed by atoms with Crippen molar-refractivity contribution in [3.8, 4) is 23.0 Å². The van der Waals surface area contributed by atoms with E-state index < -0.39 is 95.8 Å². The summed E-state index contributed by atoms with van der Waals surface area (Å²) in [4.78, 5) is 41.9. The molecule has 4 aliphatic rings. The average molecular weight is 827 g/mol. The van der Waals surface area contributed by atoms with Crippen LogP contribution in [0.5, 0.6) is 23.0 Å². The quantitative estimate of drug-likeness (QED) is 0.0831. The number of aliphatic hydroxyl groups is 2. The first-order chi connectivity index (χ1) is 28.9. The van der Waals surface area contributed by atoms with E-state index in [4.69, 9.17) is 23.1 Å². The third-order valence-corrected chi connectivity index (χ3v) is 11.6. The number of Topliss-reactive ketones (excluding diaryl/α,β-unsaturated/α-hetero) is 1. The Morgan fingerprint density at radius 3 is 2.29 bits per heavy atom. The number of nitrogens with one attached hydrogen (secondary N) is 1. The maximum atomic E-state index is 14.5. The number of anilines is 1. The van der Waals surface area contributed by atoms with Crippen LogP contribution in [0.1, 0.15) is 74.1 Å². The van der Waals surface area contributed by atoms with Crippen LogP contribution in [-0.4, -0.2) is 130 Å². The lowest BCUT2D eigenvalue weighted by Crippen LogP contribution is -2.46. The number of carbonyl (C=O) groups is 3. The Morgan fingerprint density at radius 2 is 1.66 bits per heavy atom. The number of likely N-dealkylation sites (N-methyl/N-ethyl adjacent to an activating group) is 1. The zero-order valence-electron chi connectivity index (χ0n) is 37.8. The van der Waals surface area contributed by atoms with E-state index in [0.29, 0.717) is 0 Å². The van der Waals surface area contributed by atoms with E-state index in [9.17, 15) is 39.9 Å². The van der Waals surface area contributed by atoms with Gasteiger partial charge in [0.15, 0.2) is 5.75 Å².